The SMILES string of the molecule is CCOC(=O)CCN1C(=O)C(=O)c2cc([N+](=O)[O-])ccc21. The summed E-state index contributed by atoms with van der Waals surface area (Å²) in [6.07, 6.45) is -0.0523. The summed E-state index contributed by atoms with van der Waals surface area (Å²) >= 11 is 0. The second kappa shape index (κ2) is 5.70. The molecule has 110 valence electrons. The number of esters is 1. The van der Waals surface area contributed by atoms with Crippen LogP contribution in [-0.2, 0) is 14.3 Å². The first kappa shape index (κ1) is 14.6. The number of hydrogen-bond donors (Lipinski definition) is 0. The van der Waals surface area contributed by atoms with Crippen molar-refractivity contribution in [3.63, 3.8) is 0 Å². The van der Waals surface area contributed by atoms with Gasteiger partial charge in [-0.2, -0.15) is 0 Å². The molecule has 0 aliphatic carbocycles. The smallest absolute Gasteiger partial charge is 0.307 e. The van der Waals surface area contributed by atoms with Crippen LogP contribution in [0.2, 0.25) is 0 Å². The maximum Gasteiger partial charge on any atom is 0.307 e. The molecule has 1 heterocycles. The molecule has 0 atom stereocenters. The number of nitrogens with zero attached hydrogens (tertiary/aromatic N) is 2. The minimum atomic E-state index is -0.808. The first-order chi connectivity index (χ1) is 9.95. The van der Waals surface area contributed by atoms with E-state index in [0.29, 0.717) is 0 Å². The van der Waals surface area contributed by atoms with Crippen LogP contribution in [0.5, 0.6) is 0 Å². The number of benzene rings is 1. The number of ketones is 1. The van der Waals surface area contributed by atoms with Gasteiger partial charge in [0.05, 0.1) is 29.2 Å². The molecular weight excluding hydrogens is 280 g/mol. The Balaban J connectivity index is 2.23. The fourth-order valence-corrected chi connectivity index (χ4v) is 2.06. The molecule has 1 aromatic rings. The van der Waals surface area contributed by atoms with E-state index >= 15 is 0 Å². The van der Waals surface area contributed by atoms with Crippen LogP contribution in [-0.4, -0.2) is 35.7 Å². The summed E-state index contributed by atoms with van der Waals surface area (Å²) in [4.78, 5) is 46.2. The summed E-state index contributed by atoms with van der Waals surface area (Å²) < 4.78 is 4.75. The summed E-state index contributed by atoms with van der Waals surface area (Å²) in [6.45, 7) is 1.89. The van der Waals surface area contributed by atoms with Gasteiger partial charge in [0.15, 0.2) is 0 Å². The lowest BCUT2D eigenvalue weighted by atomic mass is 10.1. The second-order valence-corrected chi connectivity index (χ2v) is 4.30. The van der Waals surface area contributed by atoms with E-state index in [1.807, 2.05) is 0 Å². The zero-order chi connectivity index (χ0) is 15.6. The number of fused-ring (bicyclic) bond motifs is 1. The van der Waals surface area contributed by atoms with Crippen molar-refractivity contribution in [1.29, 1.82) is 0 Å². The Bertz CT molecular complexity index is 640. The standard InChI is InChI=1S/C13H12N2O6/c1-2-21-11(16)5-6-14-10-4-3-8(15(19)20)7-9(10)12(17)13(14)18/h3-4,7H,2,5-6H2,1H3. The van der Waals surface area contributed by atoms with Gasteiger partial charge in [-0.05, 0) is 13.0 Å². The predicted octanol–water partition coefficient (Wildman–Crippen LogP) is 1.08. The Morgan fingerprint density at radius 1 is 1.38 bits per heavy atom. The van der Waals surface area contributed by atoms with E-state index in [2.05, 4.69) is 0 Å². The van der Waals surface area contributed by atoms with Crippen LogP contribution in [0, 0.1) is 10.1 Å². The molecule has 0 spiro atoms. The molecule has 1 aliphatic rings. The molecule has 0 aromatic heterocycles. The number of carbonyl (C=O) groups is 3. The number of carbonyl (C=O) groups excluding carboxylic acids is 3. The monoisotopic (exact) mass is 292 g/mol. The lowest BCUT2D eigenvalue weighted by molar-refractivity contribution is -0.384. The van der Waals surface area contributed by atoms with Crippen molar-refractivity contribution in [2.24, 2.45) is 0 Å². The topological polar surface area (TPSA) is 107 Å². The average molecular weight is 292 g/mol. The highest BCUT2D eigenvalue weighted by atomic mass is 16.6. The van der Waals surface area contributed by atoms with Gasteiger partial charge in [-0.25, -0.2) is 0 Å². The predicted molar refractivity (Wildman–Crippen MR) is 71.0 cm³/mol. The van der Waals surface area contributed by atoms with Crippen LogP contribution in [0.25, 0.3) is 0 Å². The highest BCUT2D eigenvalue weighted by Crippen LogP contribution is 2.32. The molecule has 8 nitrogen and oxygen atoms in total. The van der Waals surface area contributed by atoms with Gasteiger partial charge in [0.2, 0.25) is 0 Å². The highest BCUT2D eigenvalue weighted by Gasteiger charge is 2.37. The summed E-state index contributed by atoms with van der Waals surface area (Å²) in [7, 11) is 0. The first-order valence-corrected chi connectivity index (χ1v) is 6.26. The summed E-state index contributed by atoms with van der Waals surface area (Å²) in [6, 6.07) is 3.61. The van der Waals surface area contributed by atoms with Crippen molar-refractivity contribution in [2.45, 2.75) is 13.3 Å². The second-order valence-electron chi connectivity index (χ2n) is 4.30. The zero-order valence-electron chi connectivity index (χ0n) is 11.2. The lowest BCUT2D eigenvalue weighted by Crippen LogP contribution is -2.32. The van der Waals surface area contributed by atoms with E-state index in [-0.39, 0.29) is 36.5 Å². The number of anilines is 1. The third-order valence-electron chi connectivity index (χ3n) is 3.01. The van der Waals surface area contributed by atoms with Gasteiger partial charge in [0, 0.05) is 18.7 Å². The number of nitro benzene ring substituents is 1. The van der Waals surface area contributed by atoms with Crippen molar-refractivity contribution in [3.8, 4) is 0 Å². The molecule has 0 saturated carbocycles. The van der Waals surface area contributed by atoms with Gasteiger partial charge in [-0.3, -0.25) is 24.5 Å². The molecule has 8 heteroatoms. The zero-order valence-corrected chi connectivity index (χ0v) is 11.2. The Morgan fingerprint density at radius 3 is 2.71 bits per heavy atom. The van der Waals surface area contributed by atoms with Crippen LogP contribution in [0.4, 0.5) is 11.4 Å². The van der Waals surface area contributed by atoms with E-state index in [1.165, 1.54) is 12.1 Å². The summed E-state index contributed by atoms with van der Waals surface area (Å²) in [5, 5.41) is 10.7. The molecular formula is C13H12N2O6. The van der Waals surface area contributed by atoms with E-state index in [4.69, 9.17) is 4.74 Å². The molecule has 0 N–H and O–H groups in total. The summed E-state index contributed by atoms with van der Waals surface area (Å²) in [5.41, 5.74) is 0.0000926. The maximum absolute atomic E-state index is 11.9. The molecule has 1 aromatic carbocycles. The molecule has 21 heavy (non-hydrogen) atoms. The number of rotatable bonds is 5. The normalized spacial score (nSPS) is 13.3. The highest BCUT2D eigenvalue weighted by molar-refractivity contribution is 6.52. The molecule has 0 fully saturated rings. The van der Waals surface area contributed by atoms with Crippen molar-refractivity contribution < 1.29 is 24.0 Å². The van der Waals surface area contributed by atoms with Crippen LogP contribution >= 0.6 is 0 Å². The quantitative estimate of drug-likeness (QED) is 0.348. The van der Waals surface area contributed by atoms with E-state index in [0.717, 1.165) is 11.0 Å². The Morgan fingerprint density at radius 2 is 2.10 bits per heavy atom. The number of non-ortho nitro benzene ring substituents is 1. The number of nitro groups is 1. The molecule has 0 bridgehead atoms. The van der Waals surface area contributed by atoms with Gasteiger partial charge in [0.25, 0.3) is 17.4 Å². The van der Waals surface area contributed by atoms with Gasteiger partial charge < -0.3 is 9.64 Å². The van der Waals surface area contributed by atoms with Crippen LogP contribution in [0.1, 0.15) is 23.7 Å². The minimum absolute atomic E-state index is 0.00574. The average Bonchev–Trinajstić information content (AvgIpc) is 2.69. The van der Waals surface area contributed by atoms with Gasteiger partial charge in [-0.1, -0.05) is 0 Å². The number of amides is 1. The number of hydrogen-bond acceptors (Lipinski definition) is 6. The van der Waals surface area contributed by atoms with E-state index in [1.54, 1.807) is 6.92 Å². The molecule has 1 amide bonds. The fraction of sp³-hybridized carbons (Fsp3) is 0.308. The van der Waals surface area contributed by atoms with Crippen molar-refractivity contribution in [1.82, 2.24) is 0 Å². The van der Waals surface area contributed by atoms with Gasteiger partial charge in [0.1, 0.15) is 0 Å². The maximum atomic E-state index is 11.9. The molecule has 0 saturated heterocycles. The number of Topliss-reactive ketones (excluding diaryl/α,β-unsaturated/α-hetero) is 1. The van der Waals surface area contributed by atoms with Crippen LogP contribution in [0.15, 0.2) is 18.2 Å². The molecule has 0 unspecified atom stereocenters. The van der Waals surface area contributed by atoms with E-state index < -0.39 is 22.6 Å². The third-order valence-corrected chi connectivity index (χ3v) is 3.01. The molecule has 1 aliphatic heterocycles. The Kier molecular flexibility index (Phi) is 3.97. The Hall–Kier alpha value is -2.77. The van der Waals surface area contributed by atoms with Crippen LogP contribution in [0.3, 0.4) is 0 Å². The van der Waals surface area contributed by atoms with E-state index in [9.17, 15) is 24.5 Å². The molecule has 2 rings (SSSR count). The van der Waals surface area contributed by atoms with Crippen LogP contribution < -0.4 is 4.90 Å². The number of ether oxygens (including phenoxy) is 1. The third kappa shape index (κ3) is 2.73. The first-order valence-electron chi connectivity index (χ1n) is 6.26. The van der Waals surface area contributed by atoms with Crippen molar-refractivity contribution in [2.75, 3.05) is 18.1 Å². The Labute approximate surface area is 119 Å². The molecule has 0 radical (unpaired) electrons. The van der Waals surface area contributed by atoms with Gasteiger partial charge in [-0.15, -0.1) is 0 Å². The minimum Gasteiger partial charge on any atom is -0.466 e. The van der Waals surface area contributed by atoms with Crippen molar-refractivity contribution >= 4 is 29.0 Å². The lowest BCUT2D eigenvalue weighted by Gasteiger charge is -2.15. The largest absolute Gasteiger partial charge is 0.466 e. The van der Waals surface area contributed by atoms with Crippen molar-refractivity contribution in [3.05, 3.63) is 33.9 Å². The van der Waals surface area contributed by atoms with Gasteiger partial charge >= 0.3 is 5.97 Å². The summed E-state index contributed by atoms with van der Waals surface area (Å²) in [5.74, 6) is -2.08. The fourth-order valence-electron chi connectivity index (χ4n) is 2.06.